The predicted molar refractivity (Wildman–Crippen MR) is 87.2 cm³/mol. The van der Waals surface area contributed by atoms with E-state index < -0.39 is 4.92 Å². The highest BCUT2D eigenvalue weighted by Crippen LogP contribution is 2.29. The van der Waals surface area contributed by atoms with E-state index in [1.54, 1.807) is 0 Å². The number of aromatic nitrogens is 1. The summed E-state index contributed by atoms with van der Waals surface area (Å²) < 4.78 is 10.8. The molecule has 1 aliphatic heterocycles. The van der Waals surface area contributed by atoms with Crippen LogP contribution >= 0.6 is 0 Å². The Balaban J connectivity index is 1.93. The number of anilines is 1. The van der Waals surface area contributed by atoms with E-state index >= 15 is 0 Å². The summed E-state index contributed by atoms with van der Waals surface area (Å²) in [6.45, 7) is 9.14. The van der Waals surface area contributed by atoms with E-state index in [4.69, 9.17) is 9.47 Å². The molecule has 0 aromatic carbocycles. The zero-order valence-corrected chi connectivity index (χ0v) is 13.9. The topological polar surface area (TPSA) is 81.0 Å². The molecule has 128 valence electrons. The van der Waals surface area contributed by atoms with Gasteiger partial charge in [-0.2, -0.15) is 0 Å². The average molecular weight is 324 g/mol. The summed E-state index contributed by atoms with van der Waals surface area (Å²) in [4.78, 5) is 19.0. The lowest BCUT2D eigenvalue weighted by Gasteiger charge is -2.35. The molecule has 2 heterocycles. The van der Waals surface area contributed by atoms with E-state index in [-0.39, 0.29) is 11.8 Å². The summed E-state index contributed by atoms with van der Waals surface area (Å²) in [5, 5.41) is 10.8. The molecule has 0 N–H and O–H groups in total. The number of nitrogens with zero attached hydrogens (tertiary/aromatic N) is 4. The van der Waals surface area contributed by atoms with Crippen LogP contribution in [0.5, 0.6) is 5.75 Å². The van der Waals surface area contributed by atoms with Crippen molar-refractivity contribution < 1.29 is 14.4 Å². The van der Waals surface area contributed by atoms with Gasteiger partial charge in [-0.05, 0) is 13.8 Å². The van der Waals surface area contributed by atoms with Crippen molar-refractivity contribution in [3.05, 3.63) is 22.4 Å². The second-order valence-electron chi connectivity index (χ2n) is 5.72. The van der Waals surface area contributed by atoms with Crippen LogP contribution in [0.15, 0.2) is 12.3 Å². The van der Waals surface area contributed by atoms with Crippen LogP contribution in [-0.2, 0) is 4.74 Å². The minimum absolute atomic E-state index is 0.0601. The fourth-order valence-electron chi connectivity index (χ4n) is 2.52. The Labute approximate surface area is 136 Å². The first-order valence-corrected chi connectivity index (χ1v) is 7.78. The van der Waals surface area contributed by atoms with Gasteiger partial charge in [-0.15, -0.1) is 0 Å². The van der Waals surface area contributed by atoms with Crippen LogP contribution in [0.4, 0.5) is 11.5 Å². The van der Waals surface area contributed by atoms with Crippen LogP contribution in [0.25, 0.3) is 0 Å². The predicted octanol–water partition coefficient (Wildman–Crippen LogP) is 1.55. The summed E-state index contributed by atoms with van der Waals surface area (Å²) in [6.07, 6.45) is 1.53. The van der Waals surface area contributed by atoms with E-state index in [1.165, 1.54) is 19.4 Å². The van der Waals surface area contributed by atoms with Crippen molar-refractivity contribution in [1.82, 2.24) is 9.88 Å². The van der Waals surface area contributed by atoms with Gasteiger partial charge >= 0.3 is 0 Å². The molecule has 8 heteroatoms. The molecule has 1 aromatic rings. The van der Waals surface area contributed by atoms with E-state index in [0.29, 0.717) is 11.6 Å². The third-order valence-corrected chi connectivity index (χ3v) is 3.78. The van der Waals surface area contributed by atoms with Gasteiger partial charge in [0.05, 0.1) is 30.8 Å². The molecule has 0 radical (unpaired) electrons. The quantitative estimate of drug-likeness (QED) is 0.556. The lowest BCUT2D eigenvalue weighted by atomic mass is 10.3. The zero-order valence-electron chi connectivity index (χ0n) is 13.9. The van der Waals surface area contributed by atoms with E-state index in [2.05, 4.69) is 14.8 Å². The molecular formula is C15H24N4O4. The largest absolute Gasteiger partial charge is 0.493 e. The Bertz CT molecular complexity index is 530. The first-order chi connectivity index (χ1) is 11.0. The van der Waals surface area contributed by atoms with Crippen LogP contribution in [0.1, 0.15) is 13.8 Å². The first-order valence-electron chi connectivity index (χ1n) is 7.78. The summed E-state index contributed by atoms with van der Waals surface area (Å²) in [6, 6.07) is 1.42. The third-order valence-electron chi connectivity index (χ3n) is 3.78. The molecule has 0 amide bonds. The monoisotopic (exact) mass is 324 g/mol. The van der Waals surface area contributed by atoms with Crippen molar-refractivity contribution in [2.24, 2.45) is 0 Å². The average Bonchev–Trinajstić information content (AvgIpc) is 2.54. The number of nitro groups is 1. The molecule has 0 spiro atoms. The number of pyridine rings is 1. The Hall–Kier alpha value is -1.93. The number of rotatable bonds is 7. The molecular weight excluding hydrogens is 300 g/mol. The van der Waals surface area contributed by atoms with E-state index in [0.717, 1.165) is 39.3 Å². The molecule has 0 bridgehead atoms. The number of piperazine rings is 1. The van der Waals surface area contributed by atoms with Gasteiger partial charge in [0.15, 0.2) is 11.6 Å². The second kappa shape index (κ2) is 8.07. The molecule has 0 unspecified atom stereocenters. The van der Waals surface area contributed by atoms with Gasteiger partial charge in [0.25, 0.3) is 5.69 Å². The lowest BCUT2D eigenvalue weighted by molar-refractivity contribution is -0.385. The summed E-state index contributed by atoms with van der Waals surface area (Å²) in [5.74, 6) is 1.10. The van der Waals surface area contributed by atoms with Crippen LogP contribution < -0.4 is 9.64 Å². The highest BCUT2D eigenvalue weighted by atomic mass is 16.6. The highest BCUT2D eigenvalue weighted by Gasteiger charge is 2.22. The maximum atomic E-state index is 10.8. The second-order valence-corrected chi connectivity index (χ2v) is 5.72. The minimum Gasteiger partial charge on any atom is -0.493 e. The van der Waals surface area contributed by atoms with Crippen LogP contribution in [-0.4, -0.2) is 67.4 Å². The van der Waals surface area contributed by atoms with Crippen molar-refractivity contribution in [2.75, 3.05) is 51.3 Å². The molecule has 1 fully saturated rings. The smallest absolute Gasteiger partial charge is 0.291 e. The lowest BCUT2D eigenvalue weighted by Crippen LogP contribution is -2.47. The highest BCUT2D eigenvalue weighted by molar-refractivity contribution is 5.56. The molecule has 1 aliphatic rings. The fraction of sp³-hybridized carbons (Fsp3) is 0.667. The van der Waals surface area contributed by atoms with Crippen molar-refractivity contribution in [1.29, 1.82) is 0 Å². The Morgan fingerprint density at radius 2 is 2.04 bits per heavy atom. The molecule has 0 saturated carbocycles. The van der Waals surface area contributed by atoms with Crippen LogP contribution in [0.2, 0.25) is 0 Å². The zero-order chi connectivity index (χ0) is 16.8. The van der Waals surface area contributed by atoms with Gasteiger partial charge in [-0.1, -0.05) is 0 Å². The van der Waals surface area contributed by atoms with Crippen molar-refractivity contribution in [3.63, 3.8) is 0 Å². The van der Waals surface area contributed by atoms with E-state index in [9.17, 15) is 10.1 Å². The van der Waals surface area contributed by atoms with Crippen molar-refractivity contribution >= 4 is 11.5 Å². The normalized spacial score (nSPS) is 15.9. The van der Waals surface area contributed by atoms with Gasteiger partial charge in [0.1, 0.15) is 6.20 Å². The molecule has 1 aromatic heterocycles. The summed E-state index contributed by atoms with van der Waals surface area (Å²) in [7, 11) is 1.50. The van der Waals surface area contributed by atoms with Crippen LogP contribution in [0.3, 0.4) is 0 Å². The number of ether oxygens (including phenoxy) is 2. The van der Waals surface area contributed by atoms with Gasteiger partial charge in [0.2, 0.25) is 0 Å². The number of hydrogen-bond donors (Lipinski definition) is 0. The first kappa shape index (κ1) is 17.4. The summed E-state index contributed by atoms with van der Waals surface area (Å²) >= 11 is 0. The standard InChI is InChI=1S/C15H24N4O4/c1-12(2)23-9-8-17-4-6-18(7-5-17)15-14(22-3)10-13(11-16-15)19(20)21/h10-12H,4-9H2,1-3H3. The molecule has 0 atom stereocenters. The van der Waals surface area contributed by atoms with Gasteiger partial charge in [-0.3, -0.25) is 15.0 Å². The van der Waals surface area contributed by atoms with E-state index in [1.807, 2.05) is 13.8 Å². The Morgan fingerprint density at radius 3 is 2.61 bits per heavy atom. The number of methoxy groups -OCH3 is 1. The molecule has 0 aliphatic carbocycles. The SMILES string of the molecule is COc1cc([N+](=O)[O-])cnc1N1CCN(CCOC(C)C)CC1. The Morgan fingerprint density at radius 1 is 1.35 bits per heavy atom. The maximum Gasteiger partial charge on any atom is 0.291 e. The Kier molecular flexibility index (Phi) is 6.12. The maximum absolute atomic E-state index is 10.8. The molecule has 23 heavy (non-hydrogen) atoms. The van der Waals surface area contributed by atoms with Gasteiger partial charge < -0.3 is 14.4 Å². The summed E-state index contributed by atoms with van der Waals surface area (Å²) in [5.41, 5.74) is -0.0601. The fourth-order valence-corrected chi connectivity index (χ4v) is 2.52. The van der Waals surface area contributed by atoms with Crippen molar-refractivity contribution in [3.8, 4) is 5.75 Å². The molecule has 1 saturated heterocycles. The minimum atomic E-state index is -0.466. The molecule has 8 nitrogen and oxygen atoms in total. The number of hydrogen-bond acceptors (Lipinski definition) is 7. The van der Waals surface area contributed by atoms with Gasteiger partial charge in [-0.25, -0.2) is 4.98 Å². The third kappa shape index (κ3) is 4.77. The van der Waals surface area contributed by atoms with Gasteiger partial charge in [0, 0.05) is 32.7 Å². The van der Waals surface area contributed by atoms with Crippen molar-refractivity contribution in [2.45, 2.75) is 20.0 Å². The van der Waals surface area contributed by atoms with Crippen LogP contribution in [0, 0.1) is 10.1 Å². The molecule has 2 rings (SSSR count).